The minimum Gasteiger partial charge on any atom is -0.340 e. The van der Waals surface area contributed by atoms with Crippen molar-refractivity contribution >= 4 is 23.6 Å². The molecule has 2 amide bonds. The summed E-state index contributed by atoms with van der Waals surface area (Å²) in [5.41, 5.74) is 2.67. The molecule has 0 radical (unpaired) electrons. The summed E-state index contributed by atoms with van der Waals surface area (Å²) in [6.45, 7) is 15.7. The van der Waals surface area contributed by atoms with Gasteiger partial charge < -0.3 is 9.80 Å². The maximum Gasteiger partial charge on any atom is 0.236 e. The first kappa shape index (κ1) is 23.1. The molecule has 1 aromatic carbocycles. The molecule has 3 rings (SSSR count). The van der Waals surface area contributed by atoms with Gasteiger partial charge in [-0.15, -0.1) is 11.8 Å². The van der Waals surface area contributed by atoms with Crippen molar-refractivity contribution in [3.05, 3.63) is 35.4 Å². The van der Waals surface area contributed by atoms with Gasteiger partial charge in [-0.2, -0.15) is 0 Å². The SMILES string of the molecule is CCC(=O)N1CCN(CCN2C(=O)[C@H](CC)S[C@H]2c2ccc(C(C)(C)C)cc2)CC1. The largest absolute Gasteiger partial charge is 0.340 e. The van der Waals surface area contributed by atoms with E-state index >= 15 is 0 Å². The standard InChI is InChI=1S/C24H37N3O2S/c1-6-20-22(29)27(17-14-25-12-15-26(16-13-25)21(28)7-2)23(30-20)18-8-10-19(11-9-18)24(3,4)5/h8-11,20,23H,6-7,12-17H2,1-5H3/t20-,23-/m0/s1. The predicted molar refractivity (Wildman–Crippen MR) is 125 cm³/mol. The zero-order chi connectivity index (χ0) is 21.9. The zero-order valence-corrected chi connectivity index (χ0v) is 20.0. The van der Waals surface area contributed by atoms with E-state index in [1.165, 1.54) is 11.1 Å². The first-order chi connectivity index (χ1) is 14.2. The Bertz CT molecular complexity index is 736. The summed E-state index contributed by atoms with van der Waals surface area (Å²) in [5.74, 6) is 0.512. The van der Waals surface area contributed by atoms with Crippen LogP contribution in [-0.2, 0) is 15.0 Å². The lowest BCUT2D eigenvalue weighted by atomic mass is 9.86. The number of carbonyl (C=O) groups is 2. The topological polar surface area (TPSA) is 43.9 Å². The van der Waals surface area contributed by atoms with E-state index in [-0.39, 0.29) is 27.9 Å². The highest BCUT2D eigenvalue weighted by atomic mass is 32.2. The Morgan fingerprint density at radius 3 is 2.20 bits per heavy atom. The molecule has 2 heterocycles. The highest BCUT2D eigenvalue weighted by molar-refractivity contribution is 8.01. The number of hydrogen-bond donors (Lipinski definition) is 0. The minimum atomic E-state index is 0.0521. The normalized spacial score (nSPS) is 23.3. The molecule has 0 saturated carbocycles. The van der Waals surface area contributed by atoms with E-state index in [2.05, 4.69) is 61.8 Å². The molecule has 0 aromatic heterocycles. The van der Waals surface area contributed by atoms with Crippen molar-refractivity contribution < 1.29 is 9.59 Å². The summed E-state index contributed by atoms with van der Waals surface area (Å²) in [7, 11) is 0. The molecule has 0 bridgehead atoms. The summed E-state index contributed by atoms with van der Waals surface area (Å²) in [6, 6.07) is 8.82. The lowest BCUT2D eigenvalue weighted by Crippen LogP contribution is -2.50. The van der Waals surface area contributed by atoms with Gasteiger partial charge in [-0.1, -0.05) is 58.9 Å². The van der Waals surface area contributed by atoms with Gasteiger partial charge in [0.25, 0.3) is 0 Å². The van der Waals surface area contributed by atoms with Gasteiger partial charge >= 0.3 is 0 Å². The summed E-state index contributed by atoms with van der Waals surface area (Å²) in [4.78, 5) is 31.3. The fourth-order valence-electron chi connectivity index (χ4n) is 4.19. The zero-order valence-electron chi connectivity index (χ0n) is 19.2. The fourth-order valence-corrected chi connectivity index (χ4v) is 5.61. The Labute approximate surface area is 186 Å². The first-order valence-electron chi connectivity index (χ1n) is 11.3. The number of piperazine rings is 1. The molecular weight excluding hydrogens is 394 g/mol. The van der Waals surface area contributed by atoms with Gasteiger partial charge in [0.2, 0.25) is 11.8 Å². The van der Waals surface area contributed by atoms with Crippen LogP contribution in [0.15, 0.2) is 24.3 Å². The van der Waals surface area contributed by atoms with Crippen LogP contribution in [0, 0.1) is 0 Å². The Morgan fingerprint density at radius 1 is 1.03 bits per heavy atom. The molecule has 2 fully saturated rings. The molecule has 6 heteroatoms. The van der Waals surface area contributed by atoms with Gasteiger partial charge in [0.05, 0.1) is 5.25 Å². The van der Waals surface area contributed by atoms with Crippen LogP contribution in [0.2, 0.25) is 0 Å². The minimum absolute atomic E-state index is 0.0521. The predicted octanol–water partition coefficient (Wildman–Crippen LogP) is 3.89. The number of thioether (sulfide) groups is 1. The van der Waals surface area contributed by atoms with Gasteiger partial charge in [-0.05, 0) is 23.0 Å². The van der Waals surface area contributed by atoms with Crippen LogP contribution in [0.5, 0.6) is 0 Å². The van der Waals surface area contributed by atoms with E-state index in [9.17, 15) is 9.59 Å². The smallest absolute Gasteiger partial charge is 0.236 e. The van der Waals surface area contributed by atoms with Crippen LogP contribution in [0.25, 0.3) is 0 Å². The second-order valence-electron chi connectivity index (χ2n) is 9.36. The van der Waals surface area contributed by atoms with Gasteiger partial charge in [0.15, 0.2) is 0 Å². The molecule has 0 spiro atoms. The molecule has 2 aliphatic rings. The molecule has 2 atom stereocenters. The molecule has 1 aromatic rings. The van der Waals surface area contributed by atoms with E-state index in [1.807, 2.05) is 11.8 Å². The average Bonchev–Trinajstić information content (AvgIpc) is 3.07. The summed E-state index contributed by atoms with van der Waals surface area (Å²) in [5, 5.41) is 0.149. The number of hydrogen-bond acceptors (Lipinski definition) is 4. The van der Waals surface area contributed by atoms with Crippen molar-refractivity contribution in [2.24, 2.45) is 0 Å². The van der Waals surface area contributed by atoms with Crippen molar-refractivity contribution in [1.29, 1.82) is 0 Å². The molecule has 30 heavy (non-hydrogen) atoms. The third kappa shape index (κ3) is 5.20. The van der Waals surface area contributed by atoms with E-state index in [0.717, 1.165) is 45.7 Å². The van der Waals surface area contributed by atoms with Crippen molar-refractivity contribution in [3.63, 3.8) is 0 Å². The number of amides is 2. The van der Waals surface area contributed by atoms with E-state index < -0.39 is 0 Å². The number of rotatable bonds is 6. The van der Waals surface area contributed by atoms with Crippen LogP contribution in [0.1, 0.15) is 64.0 Å². The van der Waals surface area contributed by atoms with Gasteiger partial charge in [-0.25, -0.2) is 0 Å². The van der Waals surface area contributed by atoms with Crippen molar-refractivity contribution in [2.75, 3.05) is 39.3 Å². The van der Waals surface area contributed by atoms with E-state index in [0.29, 0.717) is 6.42 Å². The van der Waals surface area contributed by atoms with Gasteiger partial charge in [-0.3, -0.25) is 14.5 Å². The third-order valence-corrected chi connectivity index (χ3v) is 7.90. The van der Waals surface area contributed by atoms with Crippen LogP contribution in [0.3, 0.4) is 0 Å². The van der Waals surface area contributed by atoms with Crippen LogP contribution in [-0.4, -0.2) is 71.0 Å². The molecule has 2 saturated heterocycles. The molecular formula is C24H37N3O2S. The summed E-state index contributed by atoms with van der Waals surface area (Å²) in [6.07, 6.45) is 1.45. The molecule has 5 nitrogen and oxygen atoms in total. The molecule has 0 N–H and O–H groups in total. The first-order valence-corrected chi connectivity index (χ1v) is 12.2. The van der Waals surface area contributed by atoms with Crippen LogP contribution < -0.4 is 0 Å². The summed E-state index contributed by atoms with van der Waals surface area (Å²) >= 11 is 1.79. The maximum absolute atomic E-state index is 13.0. The second-order valence-corrected chi connectivity index (χ2v) is 10.7. The molecule has 0 unspecified atom stereocenters. The quantitative estimate of drug-likeness (QED) is 0.685. The maximum atomic E-state index is 13.0. The Kier molecular flexibility index (Phi) is 7.51. The Morgan fingerprint density at radius 2 is 1.67 bits per heavy atom. The average molecular weight is 432 g/mol. The van der Waals surface area contributed by atoms with E-state index in [4.69, 9.17) is 0 Å². The van der Waals surface area contributed by atoms with Crippen molar-refractivity contribution in [3.8, 4) is 0 Å². The molecule has 2 aliphatic heterocycles. The fraction of sp³-hybridized carbons (Fsp3) is 0.667. The Hall–Kier alpha value is -1.53. The molecule has 0 aliphatic carbocycles. The second kappa shape index (κ2) is 9.73. The summed E-state index contributed by atoms with van der Waals surface area (Å²) < 4.78 is 0. The Balaban J connectivity index is 1.64. The van der Waals surface area contributed by atoms with Crippen LogP contribution >= 0.6 is 11.8 Å². The highest BCUT2D eigenvalue weighted by Gasteiger charge is 2.40. The highest BCUT2D eigenvalue weighted by Crippen LogP contribution is 2.44. The third-order valence-electron chi connectivity index (χ3n) is 6.25. The van der Waals surface area contributed by atoms with Crippen LogP contribution in [0.4, 0.5) is 0 Å². The lowest BCUT2D eigenvalue weighted by Gasteiger charge is -2.36. The molecule has 166 valence electrons. The number of carbonyl (C=O) groups excluding carboxylic acids is 2. The van der Waals surface area contributed by atoms with Gasteiger partial charge in [0, 0.05) is 45.7 Å². The van der Waals surface area contributed by atoms with Crippen molar-refractivity contribution in [2.45, 2.75) is 63.5 Å². The lowest BCUT2D eigenvalue weighted by molar-refractivity contribution is -0.132. The van der Waals surface area contributed by atoms with Crippen molar-refractivity contribution in [1.82, 2.24) is 14.7 Å². The van der Waals surface area contributed by atoms with E-state index in [1.54, 1.807) is 11.8 Å². The van der Waals surface area contributed by atoms with Gasteiger partial charge in [0.1, 0.15) is 5.37 Å². The monoisotopic (exact) mass is 431 g/mol. The number of nitrogens with zero attached hydrogens (tertiary/aromatic N) is 3. The number of benzene rings is 1.